The van der Waals surface area contributed by atoms with Crippen LogP contribution in [-0.4, -0.2) is 10.1 Å². The third-order valence-electron chi connectivity index (χ3n) is 3.21. The second-order valence-electron chi connectivity index (χ2n) is 4.50. The number of hydrogen-bond donors (Lipinski definition) is 1. The zero-order valence-electron chi connectivity index (χ0n) is 10.8. The van der Waals surface area contributed by atoms with E-state index in [0.717, 1.165) is 17.5 Å². The molecule has 1 aromatic heterocycles. The first-order valence-corrected chi connectivity index (χ1v) is 7.21. The van der Waals surface area contributed by atoms with E-state index >= 15 is 0 Å². The van der Waals surface area contributed by atoms with Gasteiger partial charge < -0.3 is 5.11 Å². The molecule has 19 heavy (non-hydrogen) atoms. The van der Waals surface area contributed by atoms with E-state index in [9.17, 15) is 0 Å². The largest absolute Gasteiger partial charge is 0.392 e. The molecular weight excluding hydrogens is 254 g/mol. The summed E-state index contributed by atoms with van der Waals surface area (Å²) in [4.78, 5) is 4.58. The fraction of sp³-hybridized carbons (Fsp3) is 0.188. The maximum Gasteiger partial charge on any atom is 0.0935 e. The van der Waals surface area contributed by atoms with Gasteiger partial charge in [-0.1, -0.05) is 37.3 Å². The van der Waals surface area contributed by atoms with Crippen LogP contribution in [0, 0.1) is 0 Å². The Balaban J connectivity index is 2.03. The van der Waals surface area contributed by atoms with Crippen LogP contribution < -0.4 is 0 Å². The standard InChI is InChI=1S/C16H15NOS/c1-2-16-17-14-8-7-13(9-15(14)19-16)12-5-3-11(10-18)4-6-12/h3-9,18H,2,10H2,1H3. The smallest absolute Gasteiger partial charge is 0.0935 e. The predicted octanol–water partition coefficient (Wildman–Crippen LogP) is 4.02. The molecule has 0 bridgehead atoms. The van der Waals surface area contributed by atoms with E-state index in [4.69, 9.17) is 5.11 Å². The molecule has 0 aliphatic heterocycles. The SMILES string of the molecule is CCc1nc2ccc(-c3ccc(CO)cc3)cc2s1. The zero-order valence-corrected chi connectivity index (χ0v) is 11.6. The third-order valence-corrected chi connectivity index (χ3v) is 4.37. The van der Waals surface area contributed by atoms with Crippen LogP contribution in [0.1, 0.15) is 17.5 Å². The van der Waals surface area contributed by atoms with Crippen molar-refractivity contribution in [3.8, 4) is 11.1 Å². The quantitative estimate of drug-likeness (QED) is 0.779. The monoisotopic (exact) mass is 269 g/mol. The summed E-state index contributed by atoms with van der Waals surface area (Å²) in [7, 11) is 0. The fourth-order valence-corrected chi connectivity index (χ4v) is 3.05. The Morgan fingerprint density at radius 1 is 1.05 bits per heavy atom. The molecule has 2 nitrogen and oxygen atoms in total. The van der Waals surface area contributed by atoms with Crippen molar-refractivity contribution in [3.05, 3.63) is 53.0 Å². The second-order valence-corrected chi connectivity index (χ2v) is 5.61. The highest BCUT2D eigenvalue weighted by Crippen LogP contribution is 2.28. The van der Waals surface area contributed by atoms with Crippen molar-refractivity contribution in [1.29, 1.82) is 0 Å². The number of aliphatic hydroxyl groups excluding tert-OH is 1. The predicted molar refractivity (Wildman–Crippen MR) is 80.4 cm³/mol. The molecule has 0 radical (unpaired) electrons. The first-order chi connectivity index (χ1) is 9.30. The molecule has 0 saturated heterocycles. The molecule has 3 rings (SSSR count). The lowest BCUT2D eigenvalue weighted by molar-refractivity contribution is 0.282. The second kappa shape index (κ2) is 5.11. The van der Waals surface area contributed by atoms with Gasteiger partial charge in [0.1, 0.15) is 0 Å². The number of nitrogens with zero attached hydrogens (tertiary/aromatic N) is 1. The van der Waals surface area contributed by atoms with Gasteiger partial charge in [-0.05, 0) is 35.2 Å². The lowest BCUT2D eigenvalue weighted by Gasteiger charge is -2.02. The van der Waals surface area contributed by atoms with Crippen LogP contribution in [0.2, 0.25) is 0 Å². The Morgan fingerprint density at radius 2 is 1.79 bits per heavy atom. The van der Waals surface area contributed by atoms with Crippen molar-refractivity contribution < 1.29 is 5.11 Å². The van der Waals surface area contributed by atoms with E-state index in [1.807, 2.05) is 12.1 Å². The van der Waals surface area contributed by atoms with Crippen LogP contribution in [-0.2, 0) is 13.0 Å². The molecule has 3 heteroatoms. The first-order valence-electron chi connectivity index (χ1n) is 6.40. The van der Waals surface area contributed by atoms with E-state index in [0.29, 0.717) is 0 Å². The highest BCUT2D eigenvalue weighted by atomic mass is 32.1. The highest BCUT2D eigenvalue weighted by Gasteiger charge is 2.04. The van der Waals surface area contributed by atoms with Crippen LogP contribution in [0.5, 0.6) is 0 Å². The van der Waals surface area contributed by atoms with E-state index in [1.54, 1.807) is 11.3 Å². The normalized spacial score (nSPS) is 11.1. The maximum absolute atomic E-state index is 9.06. The Hall–Kier alpha value is -1.71. The minimum Gasteiger partial charge on any atom is -0.392 e. The van der Waals surface area contributed by atoms with E-state index in [1.165, 1.54) is 20.8 Å². The Bertz CT molecular complexity index is 700. The average molecular weight is 269 g/mol. The van der Waals surface area contributed by atoms with E-state index < -0.39 is 0 Å². The fourth-order valence-electron chi connectivity index (χ4n) is 2.11. The van der Waals surface area contributed by atoms with Gasteiger partial charge >= 0.3 is 0 Å². The third kappa shape index (κ3) is 2.39. The van der Waals surface area contributed by atoms with Gasteiger partial charge in [-0.25, -0.2) is 4.98 Å². The van der Waals surface area contributed by atoms with Crippen molar-refractivity contribution in [2.45, 2.75) is 20.0 Å². The lowest BCUT2D eigenvalue weighted by atomic mass is 10.0. The van der Waals surface area contributed by atoms with Crippen LogP contribution in [0.25, 0.3) is 21.3 Å². The molecule has 0 atom stereocenters. The summed E-state index contributed by atoms with van der Waals surface area (Å²) in [5.74, 6) is 0. The molecule has 0 aliphatic carbocycles. The molecule has 1 N–H and O–H groups in total. The highest BCUT2D eigenvalue weighted by molar-refractivity contribution is 7.18. The van der Waals surface area contributed by atoms with Crippen LogP contribution in [0.3, 0.4) is 0 Å². The molecule has 96 valence electrons. The van der Waals surface area contributed by atoms with E-state index in [-0.39, 0.29) is 6.61 Å². The Morgan fingerprint density at radius 3 is 2.47 bits per heavy atom. The number of aromatic nitrogens is 1. The number of thiazole rings is 1. The summed E-state index contributed by atoms with van der Waals surface area (Å²) in [6.07, 6.45) is 0.986. The number of fused-ring (bicyclic) bond motifs is 1. The lowest BCUT2D eigenvalue weighted by Crippen LogP contribution is -1.83. The van der Waals surface area contributed by atoms with Crippen LogP contribution >= 0.6 is 11.3 Å². The molecular formula is C16H15NOS. The van der Waals surface area contributed by atoms with Crippen LogP contribution in [0.4, 0.5) is 0 Å². The van der Waals surface area contributed by atoms with Crippen molar-refractivity contribution in [3.63, 3.8) is 0 Å². The van der Waals surface area contributed by atoms with Gasteiger partial charge in [-0.2, -0.15) is 0 Å². The van der Waals surface area contributed by atoms with Gasteiger partial charge in [0.15, 0.2) is 0 Å². The maximum atomic E-state index is 9.06. The number of aliphatic hydroxyl groups is 1. The minimum absolute atomic E-state index is 0.0913. The van der Waals surface area contributed by atoms with Gasteiger partial charge in [0.05, 0.1) is 21.8 Å². The van der Waals surface area contributed by atoms with Gasteiger partial charge in [-0.15, -0.1) is 11.3 Å². The zero-order chi connectivity index (χ0) is 13.2. The molecule has 0 amide bonds. The summed E-state index contributed by atoms with van der Waals surface area (Å²) < 4.78 is 1.24. The van der Waals surface area contributed by atoms with Crippen molar-refractivity contribution in [1.82, 2.24) is 4.98 Å². The molecule has 1 heterocycles. The number of aryl methyl sites for hydroxylation is 1. The van der Waals surface area contributed by atoms with Crippen molar-refractivity contribution in [2.24, 2.45) is 0 Å². The molecule has 0 fully saturated rings. The molecule has 2 aromatic carbocycles. The molecule has 3 aromatic rings. The summed E-state index contributed by atoms with van der Waals surface area (Å²) in [5, 5.41) is 10.2. The number of hydrogen-bond acceptors (Lipinski definition) is 3. The van der Waals surface area contributed by atoms with Crippen molar-refractivity contribution >= 4 is 21.6 Å². The Kier molecular flexibility index (Phi) is 3.32. The van der Waals surface area contributed by atoms with Gasteiger partial charge in [0.2, 0.25) is 0 Å². The average Bonchev–Trinajstić information content (AvgIpc) is 2.89. The van der Waals surface area contributed by atoms with Crippen molar-refractivity contribution in [2.75, 3.05) is 0 Å². The van der Waals surface area contributed by atoms with Gasteiger partial charge in [0, 0.05) is 0 Å². The summed E-state index contributed by atoms with van der Waals surface area (Å²) >= 11 is 1.76. The van der Waals surface area contributed by atoms with Crippen LogP contribution in [0.15, 0.2) is 42.5 Å². The summed E-state index contributed by atoms with van der Waals surface area (Å²) in [6, 6.07) is 14.4. The van der Waals surface area contributed by atoms with Gasteiger partial charge in [-0.3, -0.25) is 0 Å². The van der Waals surface area contributed by atoms with Gasteiger partial charge in [0.25, 0.3) is 0 Å². The summed E-state index contributed by atoms with van der Waals surface area (Å²) in [5.41, 5.74) is 4.39. The minimum atomic E-state index is 0.0913. The number of rotatable bonds is 3. The molecule has 0 spiro atoms. The molecule has 0 saturated carbocycles. The topological polar surface area (TPSA) is 33.1 Å². The number of benzene rings is 2. The first kappa shape index (κ1) is 12.3. The molecule has 0 aliphatic rings. The summed E-state index contributed by atoms with van der Waals surface area (Å²) in [6.45, 7) is 2.22. The molecule has 0 unspecified atom stereocenters. The van der Waals surface area contributed by atoms with E-state index in [2.05, 4.69) is 42.2 Å². The Labute approximate surface area is 116 Å².